The Balaban J connectivity index is 2.99. The molecule has 0 aromatic heterocycles. The number of carbonyl (C=O) groups is 1. The van der Waals surface area contributed by atoms with Gasteiger partial charge in [-0.1, -0.05) is 6.92 Å². The van der Waals surface area contributed by atoms with Crippen LogP contribution in [0.15, 0.2) is 0 Å². The van der Waals surface area contributed by atoms with Gasteiger partial charge in [0, 0.05) is 45.9 Å². The molecule has 9 nitrogen and oxygen atoms in total. The van der Waals surface area contributed by atoms with Gasteiger partial charge in [-0.05, 0) is 58.4 Å². The van der Waals surface area contributed by atoms with Crippen LogP contribution in [0, 0.1) is 0 Å². The van der Waals surface area contributed by atoms with Crippen molar-refractivity contribution in [2.45, 2.75) is 39.0 Å². The highest BCUT2D eigenvalue weighted by Crippen LogP contribution is 1.87. The minimum atomic E-state index is -0.741. The lowest BCUT2D eigenvalue weighted by Crippen LogP contribution is -2.30. The molecule has 0 aromatic rings. The molecule has 0 aliphatic carbocycles. The van der Waals surface area contributed by atoms with Crippen LogP contribution in [-0.4, -0.2) is 103 Å². The second-order valence-electron chi connectivity index (χ2n) is 7.00. The molecule has 0 bridgehead atoms. The summed E-state index contributed by atoms with van der Waals surface area (Å²) >= 11 is 0. The predicted molar refractivity (Wildman–Crippen MR) is 120 cm³/mol. The summed E-state index contributed by atoms with van der Waals surface area (Å²) in [5.41, 5.74) is 0. The first-order valence-corrected chi connectivity index (χ1v) is 11.5. The second-order valence-corrected chi connectivity index (χ2v) is 7.00. The van der Waals surface area contributed by atoms with E-state index in [1.54, 1.807) is 0 Å². The summed E-state index contributed by atoms with van der Waals surface area (Å²) in [7, 11) is 0. The Morgan fingerprint density at radius 2 is 1.07 bits per heavy atom. The van der Waals surface area contributed by atoms with E-state index in [9.17, 15) is 4.79 Å². The Morgan fingerprint density at radius 3 is 1.67 bits per heavy atom. The Hall–Kier alpha value is -0.810. The lowest BCUT2D eigenvalue weighted by Gasteiger charge is -2.09. The quantitative estimate of drug-likeness (QED) is 0.124. The Labute approximate surface area is 183 Å². The Morgan fingerprint density at radius 1 is 0.600 bits per heavy atom. The largest absolute Gasteiger partial charge is 0.481 e. The first kappa shape index (κ1) is 29.2. The van der Waals surface area contributed by atoms with Crippen LogP contribution in [0.5, 0.6) is 0 Å². The molecule has 0 aromatic carbocycles. The maximum Gasteiger partial charge on any atom is 0.303 e. The van der Waals surface area contributed by atoms with Gasteiger partial charge < -0.3 is 40.6 Å². The molecule has 0 fully saturated rings. The van der Waals surface area contributed by atoms with Gasteiger partial charge in [0.15, 0.2) is 0 Å². The zero-order valence-corrected chi connectivity index (χ0v) is 19.0. The van der Waals surface area contributed by atoms with Gasteiger partial charge in [-0.2, -0.15) is 0 Å². The van der Waals surface area contributed by atoms with E-state index in [0.29, 0.717) is 32.8 Å². The summed E-state index contributed by atoms with van der Waals surface area (Å²) in [6.07, 6.45) is 3.93. The van der Waals surface area contributed by atoms with Crippen molar-refractivity contribution in [3.63, 3.8) is 0 Å². The van der Waals surface area contributed by atoms with Gasteiger partial charge in [-0.15, -0.1) is 0 Å². The first-order chi connectivity index (χ1) is 14.8. The topological polar surface area (TPSA) is 113 Å². The van der Waals surface area contributed by atoms with Gasteiger partial charge in [-0.25, -0.2) is 0 Å². The Kier molecular flexibility index (Phi) is 25.5. The fourth-order valence-corrected chi connectivity index (χ4v) is 2.56. The summed E-state index contributed by atoms with van der Waals surface area (Å²) < 4.78 is 16.6. The monoisotopic (exact) mass is 434 g/mol. The van der Waals surface area contributed by atoms with Crippen LogP contribution in [0.2, 0.25) is 0 Å². The lowest BCUT2D eigenvalue weighted by atomic mass is 10.3. The highest BCUT2D eigenvalue weighted by molar-refractivity contribution is 5.66. The standard InChI is InChI=1S/C21H46N4O5/c1-2-22-9-4-15-28-16-6-11-24-12-13-25-14-18-30-20-19-29-17-5-10-23-8-3-7-21(26)27/h22-25H,2-20H2,1H3,(H,26,27). The van der Waals surface area contributed by atoms with Gasteiger partial charge in [0.2, 0.25) is 0 Å². The molecule has 5 N–H and O–H groups in total. The second kappa shape index (κ2) is 26.2. The molecule has 0 saturated heterocycles. The van der Waals surface area contributed by atoms with E-state index >= 15 is 0 Å². The van der Waals surface area contributed by atoms with Crippen LogP contribution in [0.3, 0.4) is 0 Å². The number of carboxylic acid groups (broad SMARTS) is 1. The van der Waals surface area contributed by atoms with Gasteiger partial charge in [-0.3, -0.25) is 4.79 Å². The maximum atomic E-state index is 10.4. The van der Waals surface area contributed by atoms with Crippen molar-refractivity contribution >= 4 is 5.97 Å². The van der Waals surface area contributed by atoms with E-state index in [2.05, 4.69) is 28.2 Å². The molecule has 0 radical (unpaired) electrons. The van der Waals surface area contributed by atoms with Gasteiger partial charge in [0.1, 0.15) is 0 Å². The maximum absolute atomic E-state index is 10.4. The molecule has 0 heterocycles. The molecule has 0 atom stereocenters. The summed E-state index contributed by atoms with van der Waals surface area (Å²) in [4.78, 5) is 10.4. The van der Waals surface area contributed by atoms with Crippen molar-refractivity contribution in [1.82, 2.24) is 21.3 Å². The van der Waals surface area contributed by atoms with E-state index in [1.807, 2.05) is 0 Å². The molecule has 0 rings (SSSR count). The molecule has 0 aliphatic heterocycles. The molecular weight excluding hydrogens is 388 g/mol. The number of carboxylic acids is 1. The molecular formula is C21H46N4O5. The van der Waals surface area contributed by atoms with Crippen LogP contribution in [-0.2, 0) is 19.0 Å². The smallest absolute Gasteiger partial charge is 0.303 e. The number of nitrogens with one attached hydrogen (secondary N) is 4. The predicted octanol–water partition coefficient (Wildman–Crippen LogP) is 0.450. The van der Waals surface area contributed by atoms with E-state index in [-0.39, 0.29) is 6.42 Å². The van der Waals surface area contributed by atoms with Gasteiger partial charge in [0.25, 0.3) is 0 Å². The lowest BCUT2D eigenvalue weighted by molar-refractivity contribution is -0.137. The molecule has 0 saturated carbocycles. The molecule has 30 heavy (non-hydrogen) atoms. The van der Waals surface area contributed by atoms with Crippen molar-refractivity contribution in [1.29, 1.82) is 0 Å². The third-order valence-electron chi connectivity index (χ3n) is 4.19. The third-order valence-corrected chi connectivity index (χ3v) is 4.19. The number of aliphatic carboxylic acids is 1. The average Bonchev–Trinajstić information content (AvgIpc) is 2.73. The SMILES string of the molecule is CCNCCCOCCCNCCNCCOCCOCCCNCCCC(=O)O. The van der Waals surface area contributed by atoms with Crippen LogP contribution < -0.4 is 21.3 Å². The van der Waals surface area contributed by atoms with Crippen molar-refractivity contribution in [3.8, 4) is 0 Å². The van der Waals surface area contributed by atoms with Crippen LogP contribution >= 0.6 is 0 Å². The fourth-order valence-electron chi connectivity index (χ4n) is 2.56. The van der Waals surface area contributed by atoms with Crippen molar-refractivity contribution in [2.75, 3.05) is 92.0 Å². The van der Waals surface area contributed by atoms with Crippen LogP contribution in [0.4, 0.5) is 0 Å². The van der Waals surface area contributed by atoms with Gasteiger partial charge >= 0.3 is 5.97 Å². The summed E-state index contributed by atoms with van der Waals surface area (Å²) in [5.74, 6) is -0.741. The number of rotatable bonds is 26. The van der Waals surface area contributed by atoms with Crippen LogP contribution in [0.1, 0.15) is 39.0 Å². The van der Waals surface area contributed by atoms with Crippen molar-refractivity contribution in [2.24, 2.45) is 0 Å². The number of hydrogen-bond donors (Lipinski definition) is 5. The molecule has 0 amide bonds. The summed E-state index contributed by atoms with van der Waals surface area (Å²) in [6, 6.07) is 0. The van der Waals surface area contributed by atoms with E-state index in [1.165, 1.54) is 0 Å². The van der Waals surface area contributed by atoms with E-state index in [4.69, 9.17) is 19.3 Å². The highest BCUT2D eigenvalue weighted by Gasteiger charge is 1.96. The van der Waals surface area contributed by atoms with Crippen LogP contribution in [0.25, 0.3) is 0 Å². The average molecular weight is 435 g/mol. The summed E-state index contributed by atoms with van der Waals surface area (Å²) in [6.45, 7) is 13.8. The zero-order chi connectivity index (χ0) is 22.0. The normalized spacial score (nSPS) is 11.2. The molecule has 0 aliphatic rings. The first-order valence-electron chi connectivity index (χ1n) is 11.5. The number of hydrogen-bond acceptors (Lipinski definition) is 8. The van der Waals surface area contributed by atoms with E-state index in [0.717, 1.165) is 84.8 Å². The van der Waals surface area contributed by atoms with Gasteiger partial charge in [0.05, 0.1) is 19.8 Å². The number of ether oxygens (including phenoxy) is 3. The molecule has 9 heteroatoms. The zero-order valence-electron chi connectivity index (χ0n) is 19.0. The third kappa shape index (κ3) is 27.2. The molecule has 0 unspecified atom stereocenters. The Bertz CT molecular complexity index is 351. The molecule has 0 spiro atoms. The minimum absolute atomic E-state index is 0.222. The van der Waals surface area contributed by atoms with E-state index < -0.39 is 5.97 Å². The molecule has 180 valence electrons. The fraction of sp³-hybridized carbons (Fsp3) is 0.952. The highest BCUT2D eigenvalue weighted by atomic mass is 16.5. The van der Waals surface area contributed by atoms with Crippen molar-refractivity contribution < 1.29 is 24.1 Å². The summed E-state index contributed by atoms with van der Waals surface area (Å²) in [5, 5.41) is 21.8. The minimum Gasteiger partial charge on any atom is -0.481 e. The van der Waals surface area contributed by atoms with Crippen molar-refractivity contribution in [3.05, 3.63) is 0 Å².